The molecule has 0 fully saturated rings. The average molecular weight is 496 g/mol. The van der Waals surface area contributed by atoms with Crippen molar-refractivity contribution in [2.75, 3.05) is 24.3 Å². The van der Waals surface area contributed by atoms with Crippen LogP contribution in [-0.2, 0) is 25.6 Å². The number of nitrogens with two attached hydrogens (primary N) is 1. The monoisotopic (exact) mass is 495 g/mol. The molecule has 3 rings (SSSR count). The van der Waals surface area contributed by atoms with Gasteiger partial charge >= 0.3 is 11.9 Å². The minimum atomic E-state index is -0.972. The van der Waals surface area contributed by atoms with Gasteiger partial charge in [0.05, 0.1) is 24.1 Å². The normalized spacial score (nSPS) is 11.5. The average Bonchev–Trinajstić information content (AvgIpc) is 2.85. The number of anilines is 2. The van der Waals surface area contributed by atoms with Gasteiger partial charge < -0.3 is 25.8 Å². The molecule has 2 aromatic carbocycles. The number of fused-ring (bicyclic) bond motifs is 1. The molecule has 1 amide bonds. The minimum Gasteiger partial charge on any atom is -0.466 e. The maximum absolute atomic E-state index is 12.7. The van der Waals surface area contributed by atoms with Crippen molar-refractivity contribution >= 4 is 40.4 Å². The second kappa shape index (κ2) is 12.3. The van der Waals surface area contributed by atoms with Gasteiger partial charge in [0.2, 0.25) is 5.95 Å². The molecule has 36 heavy (non-hydrogen) atoms. The van der Waals surface area contributed by atoms with E-state index in [1.165, 1.54) is 0 Å². The first kappa shape index (κ1) is 26.2. The molecular formula is C25H29N5O6. The smallest absolute Gasteiger partial charge is 0.328 e. The van der Waals surface area contributed by atoms with Crippen molar-refractivity contribution in [3.63, 3.8) is 0 Å². The molecule has 5 N–H and O–H groups in total. The number of H-pyrrole nitrogens is 1. The van der Waals surface area contributed by atoms with Gasteiger partial charge in [-0.25, -0.2) is 9.78 Å². The zero-order chi connectivity index (χ0) is 26.1. The topological polar surface area (TPSA) is 165 Å². The van der Waals surface area contributed by atoms with Crippen molar-refractivity contribution in [3.8, 4) is 0 Å². The Hall–Kier alpha value is -4.41. The number of hydrogen-bond donors (Lipinski definition) is 4. The van der Waals surface area contributed by atoms with E-state index in [4.69, 9.17) is 15.2 Å². The number of rotatable bonds is 11. The number of hydrogen-bond acceptors (Lipinski definition) is 9. The summed E-state index contributed by atoms with van der Waals surface area (Å²) in [5.41, 5.74) is 7.73. The number of nitrogens with one attached hydrogen (secondary N) is 3. The van der Waals surface area contributed by atoms with E-state index in [-0.39, 0.29) is 37.6 Å². The van der Waals surface area contributed by atoms with Gasteiger partial charge in [0, 0.05) is 24.2 Å². The van der Waals surface area contributed by atoms with Gasteiger partial charge in [-0.1, -0.05) is 6.07 Å². The van der Waals surface area contributed by atoms with Crippen molar-refractivity contribution < 1.29 is 23.9 Å². The molecule has 11 heteroatoms. The van der Waals surface area contributed by atoms with E-state index in [1.807, 2.05) is 6.07 Å². The molecule has 0 aliphatic heterocycles. The lowest BCUT2D eigenvalue weighted by molar-refractivity contribution is -0.146. The van der Waals surface area contributed by atoms with Gasteiger partial charge in [-0.3, -0.25) is 19.4 Å². The van der Waals surface area contributed by atoms with E-state index >= 15 is 0 Å². The van der Waals surface area contributed by atoms with Gasteiger partial charge in [-0.05, 0) is 62.2 Å². The van der Waals surface area contributed by atoms with E-state index in [0.717, 1.165) is 11.3 Å². The van der Waals surface area contributed by atoms with Crippen LogP contribution >= 0.6 is 0 Å². The molecule has 0 radical (unpaired) electrons. The number of amides is 1. The molecule has 1 heterocycles. The summed E-state index contributed by atoms with van der Waals surface area (Å²) in [5.74, 6) is -1.47. The second-order valence-electron chi connectivity index (χ2n) is 7.86. The molecule has 190 valence electrons. The summed E-state index contributed by atoms with van der Waals surface area (Å²) in [6.07, 6.45) is 0.0459. The molecule has 0 aliphatic rings. The van der Waals surface area contributed by atoms with Crippen molar-refractivity contribution in [3.05, 3.63) is 63.9 Å². The summed E-state index contributed by atoms with van der Waals surface area (Å²) in [6, 6.07) is 11.0. The molecule has 0 saturated carbocycles. The van der Waals surface area contributed by atoms with Crippen molar-refractivity contribution in [2.45, 2.75) is 39.3 Å². The van der Waals surface area contributed by atoms with Gasteiger partial charge in [0.15, 0.2) is 0 Å². The number of nitrogens with zero attached hydrogens (tertiary/aromatic N) is 1. The van der Waals surface area contributed by atoms with Gasteiger partial charge in [-0.2, -0.15) is 0 Å². The van der Waals surface area contributed by atoms with Crippen LogP contribution < -0.4 is 21.9 Å². The highest BCUT2D eigenvalue weighted by Gasteiger charge is 2.24. The highest BCUT2D eigenvalue weighted by Crippen LogP contribution is 2.15. The summed E-state index contributed by atoms with van der Waals surface area (Å²) in [5, 5.41) is 6.30. The molecule has 0 aliphatic carbocycles. The fraction of sp³-hybridized carbons (Fsp3) is 0.320. The van der Waals surface area contributed by atoms with Crippen molar-refractivity contribution in [1.29, 1.82) is 0 Å². The summed E-state index contributed by atoms with van der Waals surface area (Å²) in [7, 11) is 0. The summed E-state index contributed by atoms with van der Waals surface area (Å²) in [6.45, 7) is 4.18. The van der Waals surface area contributed by atoms with Crippen LogP contribution in [0.15, 0.2) is 47.3 Å². The highest BCUT2D eigenvalue weighted by molar-refractivity contribution is 5.97. The summed E-state index contributed by atoms with van der Waals surface area (Å²) in [4.78, 5) is 55.3. The van der Waals surface area contributed by atoms with E-state index in [0.29, 0.717) is 23.0 Å². The third-order valence-electron chi connectivity index (χ3n) is 5.25. The van der Waals surface area contributed by atoms with Crippen LogP contribution in [-0.4, -0.2) is 47.1 Å². The number of aromatic nitrogens is 2. The lowest BCUT2D eigenvalue weighted by atomic mass is 10.1. The van der Waals surface area contributed by atoms with Crippen LogP contribution in [0, 0.1) is 0 Å². The molecule has 0 saturated heterocycles. The van der Waals surface area contributed by atoms with Crippen molar-refractivity contribution in [2.24, 2.45) is 0 Å². The predicted octanol–water partition coefficient (Wildman–Crippen LogP) is 2.12. The Balaban J connectivity index is 1.61. The lowest BCUT2D eigenvalue weighted by Crippen LogP contribution is -2.42. The van der Waals surface area contributed by atoms with E-state index in [2.05, 4.69) is 20.6 Å². The number of carbonyl (C=O) groups excluding carboxylic acids is 3. The largest absolute Gasteiger partial charge is 0.466 e. The van der Waals surface area contributed by atoms with Crippen LogP contribution in [0.1, 0.15) is 42.6 Å². The first-order valence-electron chi connectivity index (χ1n) is 11.6. The van der Waals surface area contributed by atoms with Crippen LogP contribution in [0.4, 0.5) is 11.6 Å². The van der Waals surface area contributed by atoms with E-state index in [1.54, 1.807) is 50.2 Å². The fourth-order valence-corrected chi connectivity index (χ4v) is 3.49. The molecular weight excluding hydrogens is 466 g/mol. The lowest BCUT2D eigenvalue weighted by Gasteiger charge is -2.17. The molecule has 1 atom stereocenters. The van der Waals surface area contributed by atoms with E-state index < -0.39 is 23.9 Å². The number of nitrogen functional groups attached to an aromatic ring is 1. The first-order chi connectivity index (χ1) is 17.3. The SMILES string of the molecule is CCOC(=O)CCC(NC(=O)c1ccc(NCc2ccc3nc(N)[nH]c(=O)c3c2)cc1)C(=O)OCC. The molecule has 1 aromatic heterocycles. The van der Waals surface area contributed by atoms with Crippen LogP contribution in [0.2, 0.25) is 0 Å². The Labute approximate surface area is 207 Å². The summed E-state index contributed by atoms with van der Waals surface area (Å²) >= 11 is 0. The zero-order valence-electron chi connectivity index (χ0n) is 20.1. The zero-order valence-corrected chi connectivity index (χ0v) is 20.1. The van der Waals surface area contributed by atoms with Crippen molar-refractivity contribution in [1.82, 2.24) is 15.3 Å². The van der Waals surface area contributed by atoms with E-state index in [9.17, 15) is 19.2 Å². The Bertz CT molecular complexity index is 1290. The fourth-order valence-electron chi connectivity index (χ4n) is 3.49. The second-order valence-corrected chi connectivity index (χ2v) is 7.86. The maximum atomic E-state index is 12.7. The van der Waals surface area contributed by atoms with Crippen LogP contribution in [0.25, 0.3) is 10.9 Å². The van der Waals surface area contributed by atoms with Gasteiger partial charge in [-0.15, -0.1) is 0 Å². The predicted molar refractivity (Wildman–Crippen MR) is 134 cm³/mol. The standard InChI is InChI=1S/C25H29N5O6/c1-3-35-21(31)12-11-20(24(34)36-4-2)28-22(32)16-6-8-17(9-7-16)27-14-15-5-10-19-18(13-15)23(33)30-25(26)29-19/h5-10,13,20,27H,3-4,11-12,14H2,1-2H3,(H,28,32)(H3,26,29,30,33). The Morgan fingerprint density at radius 1 is 1.06 bits per heavy atom. The molecule has 0 bridgehead atoms. The summed E-state index contributed by atoms with van der Waals surface area (Å²) < 4.78 is 9.90. The maximum Gasteiger partial charge on any atom is 0.328 e. The number of aromatic amines is 1. The third kappa shape index (κ3) is 7.05. The molecule has 0 spiro atoms. The molecule has 1 unspecified atom stereocenters. The number of ether oxygens (including phenoxy) is 2. The minimum absolute atomic E-state index is 0.0233. The quantitative estimate of drug-likeness (QED) is 0.291. The Morgan fingerprint density at radius 2 is 1.78 bits per heavy atom. The number of carbonyl (C=O) groups is 3. The molecule has 3 aromatic rings. The first-order valence-corrected chi connectivity index (χ1v) is 11.6. The van der Waals surface area contributed by atoms with Crippen LogP contribution in [0.5, 0.6) is 0 Å². The number of benzene rings is 2. The molecule has 11 nitrogen and oxygen atoms in total. The third-order valence-corrected chi connectivity index (χ3v) is 5.25. The number of esters is 2. The van der Waals surface area contributed by atoms with Gasteiger partial charge in [0.1, 0.15) is 6.04 Å². The van der Waals surface area contributed by atoms with Crippen LogP contribution in [0.3, 0.4) is 0 Å². The Morgan fingerprint density at radius 3 is 2.47 bits per heavy atom. The highest BCUT2D eigenvalue weighted by atomic mass is 16.5. The van der Waals surface area contributed by atoms with Gasteiger partial charge in [0.25, 0.3) is 11.5 Å². The Kier molecular flexibility index (Phi) is 8.98.